The number of phenolic OH excluding ortho intramolecular Hbond substituents is 1. The van der Waals surface area contributed by atoms with Crippen LogP contribution in [0, 0.1) is 0 Å². The Morgan fingerprint density at radius 3 is 1.51 bits per heavy atom. The molecule has 2 N–H and O–H groups in total. The Morgan fingerprint density at radius 2 is 1.11 bits per heavy atom. The van der Waals surface area contributed by atoms with Gasteiger partial charge in [-0.05, 0) is 59.8 Å². The second-order valence-corrected chi connectivity index (χ2v) is 21.5. The summed E-state index contributed by atoms with van der Waals surface area (Å²) in [6.07, 6.45) is -0.712. The van der Waals surface area contributed by atoms with Gasteiger partial charge in [0.2, 0.25) is 0 Å². The molecule has 47 heavy (non-hydrogen) atoms. The number of rotatable bonds is 12. The maximum atomic E-state index is 11.3. The van der Waals surface area contributed by atoms with Gasteiger partial charge in [0.25, 0.3) is 0 Å². The van der Waals surface area contributed by atoms with Crippen LogP contribution in [0.25, 0.3) is 0 Å². The Morgan fingerprint density at radius 1 is 0.702 bits per heavy atom. The zero-order chi connectivity index (χ0) is 35.3. The molecule has 2 aliphatic rings. The summed E-state index contributed by atoms with van der Waals surface area (Å²) >= 11 is 3.72. The van der Waals surface area contributed by atoms with Crippen LogP contribution in [0.1, 0.15) is 119 Å². The average Bonchev–Trinajstić information content (AvgIpc) is 3.81. The Hall–Kier alpha value is -1.42. The summed E-state index contributed by atoms with van der Waals surface area (Å²) in [6, 6.07) is 8.98. The van der Waals surface area contributed by atoms with Crippen molar-refractivity contribution in [2.75, 3.05) is 26.4 Å². The highest BCUT2D eigenvalue weighted by atomic mass is 32.2. The molecule has 4 unspecified atom stereocenters. The Kier molecular flexibility index (Phi) is 11.2. The molecule has 2 aliphatic heterocycles. The Balaban J connectivity index is 1.56. The van der Waals surface area contributed by atoms with Gasteiger partial charge in [-0.1, -0.05) is 83.1 Å². The molecule has 0 aromatic heterocycles. The van der Waals surface area contributed by atoms with Crippen molar-refractivity contribution in [3.63, 3.8) is 0 Å². The summed E-state index contributed by atoms with van der Waals surface area (Å²) < 4.78 is 23.1. The first-order chi connectivity index (χ1) is 21.4. The average molecular weight is 689 g/mol. The maximum Gasteiger partial charge on any atom is 0.126 e. The number of aliphatic hydroxyl groups excluding tert-OH is 1. The summed E-state index contributed by atoms with van der Waals surface area (Å²) in [6.45, 7) is 32.8. The molecule has 4 rings (SSSR count). The van der Waals surface area contributed by atoms with E-state index in [2.05, 4.69) is 121 Å². The highest BCUT2D eigenvalue weighted by Crippen LogP contribution is 2.51. The van der Waals surface area contributed by atoms with Crippen molar-refractivity contribution in [1.29, 1.82) is 0 Å². The van der Waals surface area contributed by atoms with Crippen LogP contribution in [0.2, 0.25) is 0 Å². The molecule has 4 atom stereocenters. The van der Waals surface area contributed by atoms with E-state index < -0.39 is 6.10 Å². The maximum absolute atomic E-state index is 11.3. The van der Waals surface area contributed by atoms with Gasteiger partial charge in [0.1, 0.15) is 42.5 Å². The van der Waals surface area contributed by atoms with E-state index in [4.69, 9.17) is 18.9 Å². The van der Waals surface area contributed by atoms with Crippen molar-refractivity contribution < 1.29 is 29.2 Å². The van der Waals surface area contributed by atoms with Gasteiger partial charge in [0, 0.05) is 32.0 Å². The van der Waals surface area contributed by atoms with Gasteiger partial charge in [0.15, 0.2) is 0 Å². The number of aliphatic hydroxyl groups is 1. The Labute approximate surface area is 293 Å². The van der Waals surface area contributed by atoms with E-state index in [0.717, 1.165) is 16.9 Å². The van der Waals surface area contributed by atoms with Gasteiger partial charge in [-0.25, -0.2) is 0 Å². The third kappa shape index (κ3) is 10.3. The number of thioether (sulfide) groups is 2. The first-order valence-corrected chi connectivity index (χ1v) is 18.6. The van der Waals surface area contributed by atoms with Crippen LogP contribution < -0.4 is 4.74 Å². The van der Waals surface area contributed by atoms with E-state index in [1.54, 1.807) is 0 Å². The number of benzene rings is 2. The summed E-state index contributed by atoms with van der Waals surface area (Å²) in [5.74, 6) is 1.36. The lowest BCUT2D eigenvalue weighted by atomic mass is 9.79. The molecule has 0 bridgehead atoms. The lowest BCUT2D eigenvalue weighted by Gasteiger charge is -2.32. The molecule has 0 radical (unpaired) electrons. The predicted octanol–water partition coefficient (Wildman–Crippen LogP) is 9.13. The van der Waals surface area contributed by atoms with Crippen molar-refractivity contribution in [3.8, 4) is 11.5 Å². The van der Waals surface area contributed by atoms with Gasteiger partial charge in [-0.15, -0.1) is 23.5 Å². The molecule has 0 saturated carbocycles. The van der Waals surface area contributed by atoms with Crippen LogP contribution in [0.15, 0.2) is 34.1 Å². The molecular formula is C39H60O6S2. The first kappa shape index (κ1) is 38.4. The fourth-order valence-corrected chi connectivity index (χ4v) is 8.24. The van der Waals surface area contributed by atoms with Crippen molar-refractivity contribution in [2.45, 2.75) is 157 Å². The molecular weight excluding hydrogens is 629 g/mol. The van der Waals surface area contributed by atoms with Gasteiger partial charge < -0.3 is 29.2 Å². The van der Waals surface area contributed by atoms with Gasteiger partial charge in [-0.2, -0.15) is 0 Å². The molecule has 0 spiro atoms. The summed E-state index contributed by atoms with van der Waals surface area (Å²) in [4.78, 5) is 2.38. The molecule has 2 saturated heterocycles. The first-order valence-electron chi connectivity index (χ1n) is 17.0. The highest BCUT2D eigenvalue weighted by Gasteiger charge is 2.41. The van der Waals surface area contributed by atoms with E-state index in [9.17, 15) is 10.2 Å². The number of ether oxygens (including phenoxy) is 4. The van der Waals surface area contributed by atoms with Crippen LogP contribution in [-0.4, -0.2) is 65.1 Å². The van der Waals surface area contributed by atoms with Crippen molar-refractivity contribution in [2.24, 2.45) is 0 Å². The largest absolute Gasteiger partial charge is 0.507 e. The highest BCUT2D eigenvalue weighted by molar-refractivity contribution is 8.18. The smallest absolute Gasteiger partial charge is 0.126 e. The van der Waals surface area contributed by atoms with Crippen molar-refractivity contribution in [3.05, 3.63) is 46.5 Å². The van der Waals surface area contributed by atoms with E-state index in [1.165, 1.54) is 20.9 Å². The van der Waals surface area contributed by atoms with E-state index in [-0.39, 0.29) is 50.7 Å². The third-order valence-electron chi connectivity index (χ3n) is 8.54. The minimum absolute atomic E-state index is 0.0244. The molecule has 0 amide bonds. The number of hydrogen-bond donors (Lipinski definition) is 2. The van der Waals surface area contributed by atoms with E-state index >= 15 is 0 Å². The topological polar surface area (TPSA) is 84.0 Å². The lowest BCUT2D eigenvalue weighted by Crippen LogP contribution is -2.24. The van der Waals surface area contributed by atoms with Gasteiger partial charge >= 0.3 is 0 Å². The number of epoxide rings is 2. The zero-order valence-electron chi connectivity index (χ0n) is 31.3. The monoisotopic (exact) mass is 688 g/mol. The fourth-order valence-electron chi connectivity index (χ4n) is 5.66. The summed E-state index contributed by atoms with van der Waals surface area (Å²) in [5, 5.41) is 21.3. The molecule has 2 heterocycles. The van der Waals surface area contributed by atoms with Crippen LogP contribution in [0.5, 0.6) is 11.5 Å². The quantitative estimate of drug-likeness (QED) is 0.130. The SMILES string of the molecule is CC(C)(Sc1cc(C(C)(C)C)c(O)c(C(C)(C)C)c1)Sc1cc(C(C)(C)C)c(OCC2OC2COCC(O)C2CO2)c(C(C)(C)C)c1. The van der Waals surface area contributed by atoms with Crippen LogP contribution >= 0.6 is 23.5 Å². The lowest BCUT2D eigenvalue weighted by molar-refractivity contribution is 0.0169. The molecule has 2 aromatic carbocycles. The van der Waals surface area contributed by atoms with E-state index in [1.807, 2.05) is 23.5 Å². The van der Waals surface area contributed by atoms with E-state index in [0.29, 0.717) is 25.6 Å². The second kappa shape index (κ2) is 13.7. The van der Waals surface area contributed by atoms with Crippen LogP contribution in [-0.2, 0) is 35.9 Å². The molecule has 2 fully saturated rings. The minimum atomic E-state index is -0.574. The summed E-state index contributed by atoms with van der Waals surface area (Å²) in [7, 11) is 0. The van der Waals surface area contributed by atoms with Crippen LogP contribution in [0.4, 0.5) is 0 Å². The number of phenols is 1. The molecule has 6 nitrogen and oxygen atoms in total. The Bertz CT molecular complexity index is 1330. The standard InChI is InChI=1S/C39H60O6S2/c1-35(2,3)25-15-23(16-26(33(25)41)36(4,5)6)46-39(13,14)47-24-17-27(37(7,8)9)34(28(18-24)38(10,11)12)44-22-32-31(45-32)20-42-19-29(40)30-21-43-30/h15-18,29-32,40-41H,19-22H2,1-14H3. The number of hydrogen-bond acceptors (Lipinski definition) is 8. The molecule has 8 heteroatoms. The van der Waals surface area contributed by atoms with Gasteiger partial charge in [-0.3, -0.25) is 0 Å². The number of aromatic hydroxyl groups is 1. The zero-order valence-corrected chi connectivity index (χ0v) is 32.9. The molecule has 2 aromatic rings. The van der Waals surface area contributed by atoms with Crippen LogP contribution in [0.3, 0.4) is 0 Å². The summed E-state index contributed by atoms with van der Waals surface area (Å²) in [5.41, 5.74) is 3.70. The third-order valence-corrected chi connectivity index (χ3v) is 11.0. The van der Waals surface area contributed by atoms with Gasteiger partial charge in [0.05, 0.1) is 23.9 Å². The fraction of sp³-hybridized carbons (Fsp3) is 0.692. The van der Waals surface area contributed by atoms with Crippen molar-refractivity contribution >= 4 is 23.5 Å². The molecule has 264 valence electrons. The van der Waals surface area contributed by atoms with Crippen molar-refractivity contribution in [1.82, 2.24) is 0 Å². The molecule has 0 aliphatic carbocycles. The predicted molar refractivity (Wildman–Crippen MR) is 196 cm³/mol. The minimum Gasteiger partial charge on any atom is -0.507 e. The second-order valence-electron chi connectivity index (χ2n) is 17.8. The normalized spacial score (nSPS) is 21.1.